The molecule has 1 atom stereocenters. The summed E-state index contributed by atoms with van der Waals surface area (Å²) in [6.07, 6.45) is 90.1. The molecule has 0 aromatic heterocycles. The highest BCUT2D eigenvalue weighted by Gasteiger charge is 2.19. The van der Waals surface area contributed by atoms with Crippen LogP contribution >= 0.6 is 0 Å². The second kappa shape index (κ2) is 69.6. The number of carbonyl (C=O) groups is 3. The molecule has 472 valence electrons. The Morgan fingerprint density at radius 3 is 0.691 bits per heavy atom. The number of carbonyl (C=O) groups excluding carboxylic acids is 3. The molecule has 0 N–H and O–H groups in total. The van der Waals surface area contributed by atoms with Gasteiger partial charge in [0.05, 0.1) is 0 Å². The molecule has 0 saturated heterocycles. The minimum Gasteiger partial charge on any atom is -0.462 e. The summed E-state index contributed by atoms with van der Waals surface area (Å²) in [6.45, 7) is 6.61. The van der Waals surface area contributed by atoms with Crippen LogP contribution in [0, 0.1) is 0 Å². The van der Waals surface area contributed by atoms with Gasteiger partial charge in [-0.05, 0) is 89.9 Å². The maximum atomic E-state index is 12.9. The molecule has 0 saturated carbocycles. The smallest absolute Gasteiger partial charge is 0.306 e. The molecule has 0 aliphatic carbocycles. The third kappa shape index (κ3) is 67.8. The first-order chi connectivity index (χ1) is 40.0. The van der Waals surface area contributed by atoms with Crippen LogP contribution < -0.4 is 0 Å². The molecule has 0 bridgehead atoms. The second-order valence-corrected chi connectivity index (χ2v) is 24.1. The first-order valence-corrected chi connectivity index (χ1v) is 35.8. The first kappa shape index (κ1) is 78.1. The molecule has 0 fully saturated rings. The van der Waals surface area contributed by atoms with E-state index in [-0.39, 0.29) is 31.1 Å². The summed E-state index contributed by atoms with van der Waals surface area (Å²) in [7, 11) is 0. The fourth-order valence-corrected chi connectivity index (χ4v) is 10.6. The van der Waals surface area contributed by atoms with Crippen molar-refractivity contribution in [1.82, 2.24) is 0 Å². The van der Waals surface area contributed by atoms with Crippen LogP contribution in [0.2, 0.25) is 0 Å². The largest absolute Gasteiger partial charge is 0.462 e. The summed E-state index contributed by atoms with van der Waals surface area (Å²) >= 11 is 0. The summed E-state index contributed by atoms with van der Waals surface area (Å²) in [5.74, 6) is -0.875. The predicted molar refractivity (Wildman–Crippen MR) is 353 cm³/mol. The van der Waals surface area contributed by atoms with Crippen molar-refractivity contribution in [2.45, 2.75) is 386 Å². The van der Waals surface area contributed by atoms with Crippen LogP contribution in [0.1, 0.15) is 380 Å². The Kier molecular flexibility index (Phi) is 67.1. The lowest BCUT2D eigenvalue weighted by Gasteiger charge is -2.18. The Bertz CT molecular complexity index is 1440. The van der Waals surface area contributed by atoms with Crippen molar-refractivity contribution in [2.24, 2.45) is 0 Å². The van der Waals surface area contributed by atoms with Crippen molar-refractivity contribution in [1.29, 1.82) is 0 Å². The molecule has 0 aromatic rings. The monoisotopic (exact) mass is 1130 g/mol. The number of hydrogen-bond acceptors (Lipinski definition) is 6. The van der Waals surface area contributed by atoms with E-state index in [1.54, 1.807) is 0 Å². The minimum atomic E-state index is -0.777. The Hall–Kier alpha value is -2.89. The van der Waals surface area contributed by atoms with Gasteiger partial charge in [0, 0.05) is 19.3 Å². The average Bonchev–Trinajstić information content (AvgIpc) is 3.47. The lowest BCUT2D eigenvalue weighted by atomic mass is 10.0. The normalized spacial score (nSPS) is 12.4. The van der Waals surface area contributed by atoms with Crippen molar-refractivity contribution in [3.63, 3.8) is 0 Å². The molecule has 0 heterocycles. The van der Waals surface area contributed by atoms with E-state index in [0.29, 0.717) is 19.3 Å². The Balaban J connectivity index is 3.98. The van der Waals surface area contributed by atoms with Crippen LogP contribution in [-0.4, -0.2) is 37.2 Å². The highest BCUT2D eigenvalue weighted by molar-refractivity contribution is 5.71. The average molecular weight is 1130 g/mol. The molecule has 0 radical (unpaired) electrons. The molecule has 0 amide bonds. The molecule has 0 spiro atoms. The molecular weight excluding hydrogens is 997 g/mol. The van der Waals surface area contributed by atoms with E-state index in [1.807, 2.05) is 0 Å². The Morgan fingerprint density at radius 1 is 0.247 bits per heavy atom. The number of esters is 3. The lowest BCUT2D eigenvalue weighted by Crippen LogP contribution is -2.30. The van der Waals surface area contributed by atoms with Crippen molar-refractivity contribution in [3.8, 4) is 0 Å². The van der Waals surface area contributed by atoms with Gasteiger partial charge in [-0.1, -0.05) is 332 Å². The maximum absolute atomic E-state index is 12.9. The third-order valence-electron chi connectivity index (χ3n) is 16.0. The van der Waals surface area contributed by atoms with Crippen LogP contribution in [0.4, 0.5) is 0 Å². The molecule has 1 unspecified atom stereocenters. The fourth-order valence-electron chi connectivity index (χ4n) is 10.6. The van der Waals surface area contributed by atoms with Gasteiger partial charge in [0.2, 0.25) is 0 Å². The van der Waals surface area contributed by atoms with E-state index in [1.165, 1.54) is 257 Å². The van der Waals surface area contributed by atoms with Gasteiger partial charge in [0.25, 0.3) is 0 Å². The van der Waals surface area contributed by atoms with Crippen LogP contribution in [0.15, 0.2) is 60.8 Å². The van der Waals surface area contributed by atoms with Gasteiger partial charge in [0.15, 0.2) is 6.10 Å². The highest BCUT2D eigenvalue weighted by Crippen LogP contribution is 2.18. The molecule has 6 nitrogen and oxygen atoms in total. The van der Waals surface area contributed by atoms with Gasteiger partial charge >= 0.3 is 17.9 Å². The maximum Gasteiger partial charge on any atom is 0.306 e. The number of unbranched alkanes of at least 4 members (excludes halogenated alkanes) is 45. The molecule has 0 aliphatic rings. The first-order valence-electron chi connectivity index (χ1n) is 35.8. The van der Waals surface area contributed by atoms with Gasteiger partial charge in [-0.15, -0.1) is 0 Å². The van der Waals surface area contributed by atoms with Gasteiger partial charge in [-0.2, -0.15) is 0 Å². The number of hydrogen-bond donors (Lipinski definition) is 0. The molecular formula is C75H136O6. The van der Waals surface area contributed by atoms with Crippen LogP contribution in [0.3, 0.4) is 0 Å². The fraction of sp³-hybridized carbons (Fsp3) is 0.827. The second-order valence-electron chi connectivity index (χ2n) is 24.1. The lowest BCUT2D eigenvalue weighted by molar-refractivity contribution is -0.167. The summed E-state index contributed by atoms with van der Waals surface area (Å²) in [6, 6.07) is 0. The highest BCUT2D eigenvalue weighted by atomic mass is 16.6. The van der Waals surface area contributed by atoms with Crippen molar-refractivity contribution >= 4 is 17.9 Å². The molecule has 0 aliphatic heterocycles. The van der Waals surface area contributed by atoms with E-state index in [9.17, 15) is 14.4 Å². The topological polar surface area (TPSA) is 78.9 Å². The van der Waals surface area contributed by atoms with Gasteiger partial charge in [0.1, 0.15) is 13.2 Å². The van der Waals surface area contributed by atoms with Crippen molar-refractivity contribution in [3.05, 3.63) is 60.8 Å². The summed E-state index contributed by atoms with van der Waals surface area (Å²) in [4.78, 5) is 38.1. The zero-order chi connectivity index (χ0) is 58.5. The SMILES string of the molecule is CCCCCCC/C=C\C/C=C\C/C=C\CCCCCCCCC(=O)OC(COC(=O)CCCCCCCCC)COC(=O)CCCCCCCCCCCCCCCCCCCCCCCCC/C=C\C/C=C\CCCCCCC. The number of rotatable bonds is 66. The third-order valence-corrected chi connectivity index (χ3v) is 16.0. The quantitative estimate of drug-likeness (QED) is 0.0261. The standard InChI is InChI=1S/C75H136O6/c1-4-7-10-13-16-18-20-22-24-26-28-30-31-32-33-34-35-36-37-38-39-40-41-42-43-45-46-48-50-52-54-56-59-62-65-68-74(77)80-71-72(70-79-73(76)67-64-61-58-15-12-9-6-3)81-75(78)69-66-63-60-57-55-53-51-49-47-44-29-27-25-23-21-19-17-14-11-8-5-2/h20-23,26-29,47,49,72H,4-19,24-25,30-46,48,50-71H2,1-3H3/b22-20-,23-21-,28-26-,29-27-,49-47-. The van der Waals surface area contributed by atoms with Crippen LogP contribution in [0.5, 0.6) is 0 Å². The molecule has 0 rings (SSSR count). The Labute approximate surface area is 504 Å². The molecule has 6 heteroatoms. The zero-order valence-electron chi connectivity index (χ0n) is 54.3. The molecule has 81 heavy (non-hydrogen) atoms. The predicted octanol–water partition coefficient (Wildman–Crippen LogP) is 24.7. The Morgan fingerprint density at radius 2 is 0.444 bits per heavy atom. The van der Waals surface area contributed by atoms with E-state index >= 15 is 0 Å². The summed E-state index contributed by atoms with van der Waals surface area (Å²) < 4.78 is 16.9. The van der Waals surface area contributed by atoms with E-state index < -0.39 is 6.10 Å². The summed E-state index contributed by atoms with van der Waals surface area (Å²) in [5.41, 5.74) is 0. The number of allylic oxidation sites excluding steroid dienone is 10. The minimum absolute atomic E-state index is 0.0752. The van der Waals surface area contributed by atoms with Crippen LogP contribution in [-0.2, 0) is 28.6 Å². The summed E-state index contributed by atoms with van der Waals surface area (Å²) in [5, 5.41) is 0. The van der Waals surface area contributed by atoms with E-state index in [4.69, 9.17) is 14.2 Å². The molecule has 0 aromatic carbocycles. The van der Waals surface area contributed by atoms with Gasteiger partial charge in [-0.25, -0.2) is 0 Å². The van der Waals surface area contributed by atoms with Crippen molar-refractivity contribution in [2.75, 3.05) is 13.2 Å². The van der Waals surface area contributed by atoms with E-state index in [2.05, 4.69) is 81.5 Å². The van der Waals surface area contributed by atoms with Crippen molar-refractivity contribution < 1.29 is 28.6 Å². The zero-order valence-corrected chi connectivity index (χ0v) is 54.3. The number of ether oxygens (including phenoxy) is 3. The van der Waals surface area contributed by atoms with E-state index in [0.717, 1.165) is 83.5 Å². The van der Waals surface area contributed by atoms with Gasteiger partial charge in [-0.3, -0.25) is 14.4 Å². The van der Waals surface area contributed by atoms with Crippen LogP contribution in [0.25, 0.3) is 0 Å². The van der Waals surface area contributed by atoms with Gasteiger partial charge < -0.3 is 14.2 Å².